The fourth-order valence-electron chi connectivity index (χ4n) is 3.10. The molecule has 0 saturated heterocycles. The van der Waals surface area contributed by atoms with Crippen molar-refractivity contribution in [1.29, 1.82) is 0 Å². The molecule has 1 N–H and O–H groups in total. The maximum absolute atomic E-state index is 6.55. The maximum Gasteiger partial charge on any atom is 0.134 e. The van der Waals surface area contributed by atoms with Crippen LogP contribution >= 0.6 is 11.6 Å². The largest absolute Gasteiger partial charge is 0.361 e. The summed E-state index contributed by atoms with van der Waals surface area (Å²) in [6.45, 7) is 0. The molecule has 0 radical (unpaired) electrons. The second-order valence-corrected chi connectivity index (χ2v) is 5.98. The van der Waals surface area contributed by atoms with Crippen molar-refractivity contribution in [2.75, 3.05) is 5.32 Å². The van der Waals surface area contributed by atoms with Gasteiger partial charge in [-0.05, 0) is 29.0 Å². The van der Waals surface area contributed by atoms with Gasteiger partial charge in [-0.15, -0.1) is 11.6 Å². The number of anilines is 1. The first-order valence-corrected chi connectivity index (χ1v) is 7.59. The van der Waals surface area contributed by atoms with E-state index in [1.165, 1.54) is 16.5 Å². The van der Waals surface area contributed by atoms with Gasteiger partial charge in [0.1, 0.15) is 5.82 Å². The van der Waals surface area contributed by atoms with Gasteiger partial charge in [0.05, 0.1) is 11.4 Å². The molecule has 2 aromatic carbocycles. The van der Waals surface area contributed by atoms with Crippen molar-refractivity contribution in [2.24, 2.45) is 0 Å². The SMILES string of the molecule is ClC1Cc2ccccc2C1Nc1nccc2ccccc12. The fourth-order valence-corrected chi connectivity index (χ4v) is 3.46. The molecule has 21 heavy (non-hydrogen) atoms. The topological polar surface area (TPSA) is 24.9 Å². The van der Waals surface area contributed by atoms with Crippen molar-refractivity contribution in [1.82, 2.24) is 4.98 Å². The van der Waals surface area contributed by atoms with E-state index in [4.69, 9.17) is 11.6 Å². The molecule has 0 amide bonds. The van der Waals surface area contributed by atoms with E-state index in [1.807, 2.05) is 24.4 Å². The Balaban J connectivity index is 1.75. The molecule has 0 fully saturated rings. The monoisotopic (exact) mass is 294 g/mol. The standard InChI is InChI=1S/C18H15ClN2/c19-16-11-13-6-2-3-7-14(13)17(16)21-18-15-8-4-1-5-12(15)9-10-20-18/h1-10,16-17H,11H2,(H,20,21). The molecular formula is C18H15ClN2. The molecule has 2 atom stereocenters. The van der Waals surface area contributed by atoms with E-state index < -0.39 is 0 Å². The van der Waals surface area contributed by atoms with E-state index in [-0.39, 0.29) is 11.4 Å². The van der Waals surface area contributed by atoms with Crippen molar-refractivity contribution >= 4 is 28.2 Å². The molecule has 2 unspecified atom stereocenters. The molecule has 104 valence electrons. The van der Waals surface area contributed by atoms with Crippen molar-refractivity contribution in [3.63, 3.8) is 0 Å². The highest BCUT2D eigenvalue weighted by Crippen LogP contribution is 2.37. The molecule has 0 spiro atoms. The number of alkyl halides is 1. The van der Waals surface area contributed by atoms with Gasteiger partial charge < -0.3 is 5.32 Å². The molecule has 1 aliphatic carbocycles. The Morgan fingerprint density at radius 2 is 1.81 bits per heavy atom. The van der Waals surface area contributed by atoms with E-state index in [9.17, 15) is 0 Å². The molecule has 1 aliphatic rings. The van der Waals surface area contributed by atoms with Crippen LogP contribution in [0.15, 0.2) is 60.8 Å². The maximum atomic E-state index is 6.55. The van der Waals surface area contributed by atoms with Gasteiger partial charge in [0, 0.05) is 11.6 Å². The van der Waals surface area contributed by atoms with E-state index >= 15 is 0 Å². The number of hydrogen-bond donors (Lipinski definition) is 1. The van der Waals surface area contributed by atoms with Crippen LogP contribution in [0.4, 0.5) is 5.82 Å². The number of benzene rings is 2. The molecule has 2 nitrogen and oxygen atoms in total. The smallest absolute Gasteiger partial charge is 0.134 e. The second kappa shape index (κ2) is 5.05. The predicted octanol–water partition coefficient (Wildman–Crippen LogP) is 4.55. The first-order valence-electron chi connectivity index (χ1n) is 7.15. The van der Waals surface area contributed by atoms with E-state index in [2.05, 4.69) is 46.7 Å². The second-order valence-electron chi connectivity index (χ2n) is 5.42. The minimum atomic E-state index is 0.0585. The zero-order chi connectivity index (χ0) is 14.2. The Hall–Kier alpha value is -2.06. The summed E-state index contributed by atoms with van der Waals surface area (Å²) in [5.74, 6) is 0.903. The Kier molecular flexibility index (Phi) is 3.04. The highest BCUT2D eigenvalue weighted by atomic mass is 35.5. The molecule has 3 aromatic rings. The molecule has 4 rings (SSSR count). The molecular weight excluding hydrogens is 280 g/mol. The van der Waals surface area contributed by atoms with Crippen LogP contribution in [0.25, 0.3) is 10.8 Å². The zero-order valence-corrected chi connectivity index (χ0v) is 12.2. The van der Waals surface area contributed by atoms with Crippen LogP contribution in [-0.4, -0.2) is 10.4 Å². The Morgan fingerprint density at radius 3 is 2.76 bits per heavy atom. The summed E-state index contributed by atoms with van der Waals surface area (Å²) in [5.41, 5.74) is 2.61. The number of fused-ring (bicyclic) bond motifs is 2. The van der Waals surface area contributed by atoms with E-state index in [0.29, 0.717) is 0 Å². The highest BCUT2D eigenvalue weighted by Gasteiger charge is 2.31. The van der Waals surface area contributed by atoms with Crippen LogP contribution in [0.1, 0.15) is 17.2 Å². The van der Waals surface area contributed by atoms with Crippen molar-refractivity contribution in [3.05, 3.63) is 71.9 Å². The number of hydrogen-bond acceptors (Lipinski definition) is 2. The van der Waals surface area contributed by atoms with Crippen LogP contribution in [0.2, 0.25) is 0 Å². The molecule has 1 aromatic heterocycles. The number of nitrogens with zero attached hydrogens (tertiary/aromatic N) is 1. The van der Waals surface area contributed by atoms with E-state index in [1.54, 1.807) is 0 Å². The van der Waals surface area contributed by atoms with Crippen molar-refractivity contribution in [3.8, 4) is 0 Å². The van der Waals surface area contributed by atoms with Gasteiger partial charge in [-0.3, -0.25) is 0 Å². The third-order valence-corrected chi connectivity index (χ3v) is 4.54. The van der Waals surface area contributed by atoms with Gasteiger partial charge in [0.15, 0.2) is 0 Å². The molecule has 1 heterocycles. The van der Waals surface area contributed by atoms with Crippen LogP contribution < -0.4 is 5.32 Å². The average molecular weight is 295 g/mol. The van der Waals surface area contributed by atoms with Crippen molar-refractivity contribution in [2.45, 2.75) is 17.8 Å². The van der Waals surface area contributed by atoms with Gasteiger partial charge in [-0.25, -0.2) is 4.98 Å². The first kappa shape index (κ1) is 12.7. The summed E-state index contributed by atoms with van der Waals surface area (Å²) in [5, 5.41) is 5.93. The zero-order valence-electron chi connectivity index (χ0n) is 11.5. The third-order valence-electron chi connectivity index (χ3n) is 4.13. The minimum Gasteiger partial charge on any atom is -0.361 e. The number of rotatable bonds is 2. The normalized spacial score (nSPS) is 20.4. The lowest BCUT2D eigenvalue weighted by Crippen LogP contribution is -2.17. The van der Waals surface area contributed by atoms with Crippen LogP contribution in [-0.2, 0) is 6.42 Å². The Morgan fingerprint density at radius 1 is 1.00 bits per heavy atom. The van der Waals surface area contributed by atoms with Crippen LogP contribution in [0.3, 0.4) is 0 Å². The average Bonchev–Trinajstić information content (AvgIpc) is 2.84. The molecule has 0 bridgehead atoms. The number of pyridine rings is 1. The lowest BCUT2D eigenvalue weighted by molar-refractivity contribution is 0.768. The Labute approximate surface area is 128 Å². The summed E-state index contributed by atoms with van der Waals surface area (Å²) in [6.07, 6.45) is 2.74. The summed E-state index contributed by atoms with van der Waals surface area (Å²) < 4.78 is 0. The van der Waals surface area contributed by atoms with Gasteiger partial charge >= 0.3 is 0 Å². The predicted molar refractivity (Wildman–Crippen MR) is 87.9 cm³/mol. The number of halogens is 1. The number of nitrogens with one attached hydrogen (secondary N) is 1. The summed E-state index contributed by atoms with van der Waals surface area (Å²) in [4.78, 5) is 4.51. The molecule has 0 saturated carbocycles. The van der Waals surface area contributed by atoms with Crippen LogP contribution in [0.5, 0.6) is 0 Å². The van der Waals surface area contributed by atoms with Gasteiger partial charge in [-0.1, -0.05) is 48.5 Å². The summed E-state index contributed by atoms with van der Waals surface area (Å²) in [6, 6.07) is 18.9. The van der Waals surface area contributed by atoms with Gasteiger partial charge in [0.2, 0.25) is 0 Å². The fraction of sp³-hybridized carbons (Fsp3) is 0.167. The summed E-state index contributed by atoms with van der Waals surface area (Å²) in [7, 11) is 0. The quantitative estimate of drug-likeness (QED) is 0.701. The third kappa shape index (κ3) is 2.16. The van der Waals surface area contributed by atoms with Crippen molar-refractivity contribution < 1.29 is 0 Å². The lowest BCUT2D eigenvalue weighted by Gasteiger charge is -2.19. The van der Waals surface area contributed by atoms with Gasteiger partial charge in [-0.2, -0.15) is 0 Å². The Bertz CT molecular complexity index is 795. The highest BCUT2D eigenvalue weighted by molar-refractivity contribution is 6.21. The number of aromatic nitrogens is 1. The lowest BCUT2D eigenvalue weighted by atomic mass is 10.1. The minimum absolute atomic E-state index is 0.0585. The summed E-state index contributed by atoms with van der Waals surface area (Å²) >= 11 is 6.55. The van der Waals surface area contributed by atoms with E-state index in [0.717, 1.165) is 17.6 Å². The molecule has 3 heteroatoms. The van der Waals surface area contributed by atoms with Crippen LogP contribution in [0, 0.1) is 0 Å². The molecule has 0 aliphatic heterocycles. The van der Waals surface area contributed by atoms with Gasteiger partial charge in [0.25, 0.3) is 0 Å². The first-order chi connectivity index (χ1) is 10.3.